The molecule has 0 radical (unpaired) electrons. The molecular formula is C10H11ClOS. The molecule has 1 aromatic rings. The smallest absolute Gasteiger partial charge is 0.0682 e. The highest BCUT2D eigenvalue weighted by Crippen LogP contribution is 2.19. The van der Waals surface area contributed by atoms with E-state index in [2.05, 4.69) is 12.6 Å². The SMILES string of the molecule is OCc1ccc(Cl)c(C=CCS)c1. The van der Waals surface area contributed by atoms with Crippen LogP contribution in [0, 0.1) is 0 Å². The van der Waals surface area contributed by atoms with Crippen molar-refractivity contribution in [1.29, 1.82) is 0 Å². The number of benzene rings is 1. The number of thiol groups is 1. The summed E-state index contributed by atoms with van der Waals surface area (Å²) in [5, 5.41) is 9.59. The topological polar surface area (TPSA) is 20.2 Å². The van der Waals surface area contributed by atoms with Crippen molar-refractivity contribution < 1.29 is 5.11 Å². The Labute approximate surface area is 88.5 Å². The van der Waals surface area contributed by atoms with Gasteiger partial charge in [0.25, 0.3) is 0 Å². The van der Waals surface area contributed by atoms with Gasteiger partial charge in [-0.2, -0.15) is 12.6 Å². The van der Waals surface area contributed by atoms with Crippen LogP contribution in [0.3, 0.4) is 0 Å². The highest BCUT2D eigenvalue weighted by Gasteiger charge is 1.97. The summed E-state index contributed by atoms with van der Waals surface area (Å²) in [6.45, 7) is 0.0406. The standard InChI is InChI=1S/C10H11ClOS/c11-10-4-3-8(7-12)6-9(10)2-1-5-13/h1-4,6,12-13H,5,7H2. The van der Waals surface area contributed by atoms with Crippen molar-refractivity contribution in [1.82, 2.24) is 0 Å². The lowest BCUT2D eigenvalue weighted by atomic mass is 10.1. The molecule has 0 fully saturated rings. The van der Waals surface area contributed by atoms with E-state index in [0.717, 1.165) is 11.1 Å². The molecule has 0 heterocycles. The lowest BCUT2D eigenvalue weighted by Crippen LogP contribution is -1.84. The third-order valence-corrected chi connectivity index (χ3v) is 2.20. The summed E-state index contributed by atoms with van der Waals surface area (Å²) < 4.78 is 0. The molecule has 0 atom stereocenters. The first-order valence-electron chi connectivity index (χ1n) is 3.94. The molecule has 0 saturated heterocycles. The Bertz CT molecular complexity index is 310. The molecule has 0 aromatic heterocycles. The van der Waals surface area contributed by atoms with Crippen molar-refractivity contribution >= 4 is 30.3 Å². The normalized spacial score (nSPS) is 11.0. The number of aliphatic hydroxyl groups is 1. The summed E-state index contributed by atoms with van der Waals surface area (Å²) in [6.07, 6.45) is 3.81. The van der Waals surface area contributed by atoms with Crippen LogP contribution in [-0.4, -0.2) is 10.9 Å². The fraction of sp³-hybridized carbons (Fsp3) is 0.200. The van der Waals surface area contributed by atoms with Crippen molar-refractivity contribution in [3.8, 4) is 0 Å². The van der Waals surface area contributed by atoms with E-state index >= 15 is 0 Å². The third-order valence-electron chi connectivity index (χ3n) is 1.65. The molecule has 0 aliphatic rings. The average molecular weight is 215 g/mol. The van der Waals surface area contributed by atoms with Crippen LogP contribution in [0.5, 0.6) is 0 Å². The van der Waals surface area contributed by atoms with E-state index in [4.69, 9.17) is 16.7 Å². The molecule has 3 heteroatoms. The van der Waals surface area contributed by atoms with Gasteiger partial charge in [-0.25, -0.2) is 0 Å². The van der Waals surface area contributed by atoms with Crippen molar-refractivity contribution in [2.24, 2.45) is 0 Å². The van der Waals surface area contributed by atoms with Gasteiger partial charge in [-0.05, 0) is 23.3 Å². The van der Waals surface area contributed by atoms with Gasteiger partial charge in [0, 0.05) is 10.8 Å². The second-order valence-electron chi connectivity index (χ2n) is 2.60. The first kappa shape index (κ1) is 10.6. The maximum absolute atomic E-state index is 8.90. The third kappa shape index (κ3) is 3.07. The summed E-state index contributed by atoms with van der Waals surface area (Å²) >= 11 is 9.99. The first-order valence-corrected chi connectivity index (χ1v) is 4.95. The minimum Gasteiger partial charge on any atom is -0.392 e. The summed E-state index contributed by atoms with van der Waals surface area (Å²) in [5.41, 5.74) is 1.78. The van der Waals surface area contributed by atoms with Gasteiger partial charge in [0.1, 0.15) is 0 Å². The summed E-state index contributed by atoms with van der Waals surface area (Å²) in [5.74, 6) is 0.680. The monoisotopic (exact) mass is 214 g/mol. The predicted octanol–water partition coefficient (Wildman–Crippen LogP) is 2.78. The minimum absolute atomic E-state index is 0.0406. The maximum Gasteiger partial charge on any atom is 0.0682 e. The van der Waals surface area contributed by atoms with Crippen LogP contribution in [0.2, 0.25) is 5.02 Å². The van der Waals surface area contributed by atoms with Crippen LogP contribution >= 0.6 is 24.2 Å². The number of hydrogen-bond donors (Lipinski definition) is 2. The van der Waals surface area contributed by atoms with E-state index in [1.807, 2.05) is 18.2 Å². The van der Waals surface area contributed by atoms with Gasteiger partial charge < -0.3 is 5.11 Å². The molecule has 70 valence electrons. The van der Waals surface area contributed by atoms with E-state index in [1.165, 1.54) is 0 Å². The zero-order valence-electron chi connectivity index (χ0n) is 7.07. The molecule has 0 bridgehead atoms. The Morgan fingerprint density at radius 1 is 1.46 bits per heavy atom. The molecule has 0 unspecified atom stereocenters. The average Bonchev–Trinajstić information content (AvgIpc) is 2.17. The largest absolute Gasteiger partial charge is 0.392 e. The molecule has 0 saturated carbocycles. The van der Waals surface area contributed by atoms with Crippen LogP contribution in [0.1, 0.15) is 11.1 Å². The number of aliphatic hydroxyl groups excluding tert-OH is 1. The van der Waals surface area contributed by atoms with Crippen molar-refractivity contribution in [2.75, 3.05) is 5.75 Å². The summed E-state index contributed by atoms with van der Waals surface area (Å²) in [4.78, 5) is 0. The van der Waals surface area contributed by atoms with Crippen molar-refractivity contribution in [3.63, 3.8) is 0 Å². The molecule has 1 nitrogen and oxygen atoms in total. The molecule has 13 heavy (non-hydrogen) atoms. The van der Waals surface area contributed by atoms with E-state index in [-0.39, 0.29) is 6.61 Å². The van der Waals surface area contributed by atoms with Crippen LogP contribution in [0.25, 0.3) is 6.08 Å². The Morgan fingerprint density at radius 2 is 2.23 bits per heavy atom. The Balaban J connectivity index is 2.97. The van der Waals surface area contributed by atoms with Gasteiger partial charge >= 0.3 is 0 Å². The fourth-order valence-corrected chi connectivity index (χ4v) is 1.28. The molecule has 0 spiro atoms. The predicted molar refractivity (Wildman–Crippen MR) is 60.3 cm³/mol. The van der Waals surface area contributed by atoms with Gasteiger partial charge in [-0.15, -0.1) is 0 Å². The van der Waals surface area contributed by atoms with Gasteiger partial charge in [-0.1, -0.05) is 29.8 Å². The van der Waals surface area contributed by atoms with Gasteiger partial charge in [0.15, 0.2) is 0 Å². The lowest BCUT2D eigenvalue weighted by molar-refractivity contribution is 0.282. The minimum atomic E-state index is 0.0406. The van der Waals surface area contributed by atoms with Crippen LogP contribution in [0.15, 0.2) is 24.3 Å². The van der Waals surface area contributed by atoms with E-state index < -0.39 is 0 Å². The van der Waals surface area contributed by atoms with Crippen LogP contribution in [0.4, 0.5) is 0 Å². The molecule has 0 aliphatic heterocycles. The van der Waals surface area contributed by atoms with Crippen LogP contribution < -0.4 is 0 Å². The first-order chi connectivity index (χ1) is 6.27. The van der Waals surface area contributed by atoms with Crippen LogP contribution in [-0.2, 0) is 6.61 Å². The molecule has 1 rings (SSSR count). The van der Waals surface area contributed by atoms with Crippen molar-refractivity contribution in [3.05, 3.63) is 40.4 Å². The number of hydrogen-bond acceptors (Lipinski definition) is 2. The Kier molecular flexibility index (Phi) is 4.36. The molecule has 1 N–H and O–H groups in total. The molecule has 0 aliphatic carbocycles. The second kappa shape index (κ2) is 5.32. The van der Waals surface area contributed by atoms with Gasteiger partial charge in [0.05, 0.1) is 6.61 Å². The maximum atomic E-state index is 8.90. The number of halogens is 1. The second-order valence-corrected chi connectivity index (χ2v) is 3.37. The zero-order valence-corrected chi connectivity index (χ0v) is 8.72. The van der Waals surface area contributed by atoms with E-state index in [1.54, 1.807) is 12.1 Å². The fourth-order valence-electron chi connectivity index (χ4n) is 0.999. The Morgan fingerprint density at radius 3 is 2.85 bits per heavy atom. The van der Waals surface area contributed by atoms with Gasteiger partial charge in [0.2, 0.25) is 0 Å². The van der Waals surface area contributed by atoms with E-state index in [9.17, 15) is 0 Å². The lowest BCUT2D eigenvalue weighted by Gasteiger charge is -2.00. The molecule has 0 amide bonds. The quantitative estimate of drug-likeness (QED) is 0.742. The zero-order chi connectivity index (χ0) is 9.68. The van der Waals surface area contributed by atoms with Gasteiger partial charge in [-0.3, -0.25) is 0 Å². The molecule has 1 aromatic carbocycles. The van der Waals surface area contributed by atoms with Crippen molar-refractivity contribution in [2.45, 2.75) is 6.61 Å². The molecular weight excluding hydrogens is 204 g/mol. The van der Waals surface area contributed by atoms with E-state index in [0.29, 0.717) is 10.8 Å². The summed E-state index contributed by atoms with van der Waals surface area (Å²) in [6, 6.07) is 5.45. The highest BCUT2D eigenvalue weighted by molar-refractivity contribution is 7.80. The highest BCUT2D eigenvalue weighted by atomic mass is 35.5. The Hall–Kier alpha value is -0.440. The number of rotatable bonds is 3. The summed E-state index contributed by atoms with van der Waals surface area (Å²) in [7, 11) is 0.